The molecule has 4 bridgehead atoms. The summed E-state index contributed by atoms with van der Waals surface area (Å²) in [6.07, 6.45) is 6.60. The van der Waals surface area contributed by atoms with E-state index < -0.39 is 0 Å². The van der Waals surface area contributed by atoms with E-state index in [1.807, 2.05) is 0 Å². The van der Waals surface area contributed by atoms with Gasteiger partial charge >= 0.3 is 0 Å². The third kappa shape index (κ3) is 1.17. The van der Waals surface area contributed by atoms with E-state index >= 15 is 0 Å². The van der Waals surface area contributed by atoms with Gasteiger partial charge in [-0.05, 0) is 43.4 Å². The van der Waals surface area contributed by atoms with Crippen LogP contribution in [0.1, 0.15) is 54.7 Å². The molecule has 0 saturated heterocycles. The average molecular weight is 254 g/mol. The van der Waals surface area contributed by atoms with Crippen molar-refractivity contribution in [2.24, 2.45) is 0 Å². The fraction of sp³-hybridized carbons (Fsp3) is 0.500. The lowest BCUT2D eigenvalue weighted by atomic mass is 9.97. The third-order valence-corrected chi connectivity index (χ3v) is 5.10. The summed E-state index contributed by atoms with van der Waals surface area (Å²) < 4.78 is 8.98. The number of nitrogen functional groups attached to an aromatic ring is 1. The summed E-state index contributed by atoms with van der Waals surface area (Å²) in [5, 5.41) is 1.41. The Hall–Kier alpha value is -1.48. The Morgan fingerprint density at radius 1 is 1.16 bits per heavy atom. The van der Waals surface area contributed by atoms with Crippen molar-refractivity contribution in [1.29, 1.82) is 0 Å². The second-order valence-corrected chi connectivity index (χ2v) is 6.17. The zero-order valence-corrected chi connectivity index (χ0v) is 11.0. The van der Waals surface area contributed by atoms with E-state index in [9.17, 15) is 0 Å². The first-order valence-corrected chi connectivity index (χ1v) is 7.43. The van der Waals surface area contributed by atoms with Crippen LogP contribution < -0.4 is 5.73 Å². The molecule has 1 aromatic heterocycles. The van der Waals surface area contributed by atoms with Crippen LogP contribution in [0.25, 0.3) is 10.9 Å². The molecule has 0 fully saturated rings. The first kappa shape index (κ1) is 10.3. The maximum absolute atomic E-state index is 6.44. The van der Waals surface area contributed by atoms with Crippen LogP contribution in [0, 0.1) is 0 Å². The van der Waals surface area contributed by atoms with E-state index in [1.54, 1.807) is 0 Å². The number of aryl methyl sites for hydroxylation is 2. The quantitative estimate of drug-likeness (QED) is 0.731. The highest BCUT2D eigenvalue weighted by molar-refractivity contribution is 5.92. The smallest absolute Gasteiger partial charge is 0.0986 e. The molecule has 4 heterocycles. The molecule has 1 aromatic carbocycles. The SMILES string of the molecule is Nc1cc2c3c(c1)c1c4n3CCC2OC4CCCC1. The van der Waals surface area contributed by atoms with Crippen molar-refractivity contribution in [1.82, 2.24) is 4.57 Å². The highest BCUT2D eigenvalue weighted by Gasteiger charge is 2.37. The molecule has 1 aliphatic carbocycles. The maximum Gasteiger partial charge on any atom is 0.0986 e. The predicted octanol–water partition coefficient (Wildman–Crippen LogP) is 3.47. The van der Waals surface area contributed by atoms with E-state index in [4.69, 9.17) is 10.5 Å². The van der Waals surface area contributed by atoms with Gasteiger partial charge in [0.1, 0.15) is 0 Å². The van der Waals surface area contributed by atoms with E-state index in [2.05, 4.69) is 16.7 Å². The number of hydrogen-bond donors (Lipinski definition) is 1. The van der Waals surface area contributed by atoms with E-state index in [1.165, 1.54) is 53.4 Å². The van der Waals surface area contributed by atoms with Gasteiger partial charge in [0, 0.05) is 23.2 Å². The van der Waals surface area contributed by atoms with Crippen molar-refractivity contribution < 1.29 is 4.74 Å². The van der Waals surface area contributed by atoms with Crippen LogP contribution in [0.15, 0.2) is 12.1 Å². The zero-order chi connectivity index (χ0) is 12.6. The molecule has 0 saturated carbocycles. The molecular formula is C16H18N2O. The van der Waals surface area contributed by atoms with Gasteiger partial charge in [0.25, 0.3) is 0 Å². The number of nitrogens with zero attached hydrogens (tertiary/aromatic N) is 1. The Kier molecular flexibility index (Phi) is 1.81. The highest BCUT2D eigenvalue weighted by Crippen LogP contribution is 2.50. The Labute approximate surface area is 112 Å². The molecule has 3 aliphatic heterocycles. The van der Waals surface area contributed by atoms with Gasteiger partial charge in [0.15, 0.2) is 0 Å². The minimum Gasteiger partial charge on any atom is -0.399 e. The van der Waals surface area contributed by atoms with E-state index in [0.717, 1.165) is 18.7 Å². The largest absolute Gasteiger partial charge is 0.399 e. The zero-order valence-electron chi connectivity index (χ0n) is 11.0. The number of fused-ring (bicyclic) bond motifs is 2. The minimum atomic E-state index is 0.260. The fourth-order valence-electron chi connectivity index (χ4n) is 4.38. The standard InChI is InChI=1S/C16H18N2O/c17-9-7-11-10-3-1-2-4-14-16(10)18-6-5-13(19-14)12(8-9)15(11)18/h7-8,13-14H,1-6,17H2. The second-order valence-electron chi connectivity index (χ2n) is 6.17. The number of nitrogens with two attached hydrogens (primary N) is 1. The van der Waals surface area contributed by atoms with Crippen molar-refractivity contribution in [3.8, 4) is 0 Å². The Morgan fingerprint density at radius 2 is 2.11 bits per heavy atom. The summed E-state index contributed by atoms with van der Waals surface area (Å²) in [5.41, 5.74) is 12.7. The first-order valence-electron chi connectivity index (χ1n) is 7.43. The number of ether oxygens (including phenoxy) is 1. The van der Waals surface area contributed by atoms with Crippen LogP contribution in [0.3, 0.4) is 0 Å². The van der Waals surface area contributed by atoms with Gasteiger partial charge in [0.2, 0.25) is 0 Å². The molecule has 0 radical (unpaired) electrons. The topological polar surface area (TPSA) is 40.2 Å². The number of aromatic nitrogens is 1. The van der Waals surface area contributed by atoms with Gasteiger partial charge in [-0.1, -0.05) is 6.42 Å². The molecule has 0 amide bonds. The van der Waals surface area contributed by atoms with Crippen LogP contribution >= 0.6 is 0 Å². The Bertz CT molecular complexity index is 701. The number of anilines is 1. The third-order valence-electron chi connectivity index (χ3n) is 5.10. The summed E-state index contributed by atoms with van der Waals surface area (Å²) in [6.45, 7) is 1.11. The molecule has 3 heteroatoms. The fourth-order valence-corrected chi connectivity index (χ4v) is 4.38. The van der Waals surface area contributed by atoms with Crippen LogP contribution in [0.2, 0.25) is 0 Å². The van der Waals surface area contributed by atoms with Crippen molar-refractivity contribution >= 4 is 16.6 Å². The monoisotopic (exact) mass is 254 g/mol. The first-order chi connectivity index (χ1) is 9.33. The number of benzene rings is 1. The van der Waals surface area contributed by atoms with Crippen molar-refractivity contribution in [2.45, 2.75) is 50.9 Å². The van der Waals surface area contributed by atoms with Gasteiger partial charge in [-0.3, -0.25) is 0 Å². The molecule has 2 unspecified atom stereocenters. The summed E-state index contributed by atoms with van der Waals surface area (Å²) in [5.74, 6) is 0. The lowest BCUT2D eigenvalue weighted by Crippen LogP contribution is -2.12. The van der Waals surface area contributed by atoms with Crippen molar-refractivity contribution in [2.75, 3.05) is 5.73 Å². The Balaban J connectivity index is 1.98. The molecule has 2 atom stereocenters. The molecular weight excluding hydrogens is 236 g/mol. The van der Waals surface area contributed by atoms with Crippen LogP contribution in [0.5, 0.6) is 0 Å². The number of rotatable bonds is 0. The average Bonchev–Trinajstić information content (AvgIpc) is 2.59. The second kappa shape index (κ2) is 3.34. The molecule has 2 aromatic rings. The highest BCUT2D eigenvalue weighted by atomic mass is 16.5. The summed E-state index contributed by atoms with van der Waals surface area (Å²) >= 11 is 0. The lowest BCUT2D eigenvalue weighted by molar-refractivity contribution is -0.0178. The van der Waals surface area contributed by atoms with Crippen molar-refractivity contribution in [3.63, 3.8) is 0 Å². The molecule has 98 valence electrons. The van der Waals surface area contributed by atoms with Gasteiger partial charge in [-0.15, -0.1) is 0 Å². The van der Waals surface area contributed by atoms with E-state index in [0.29, 0.717) is 6.10 Å². The van der Waals surface area contributed by atoms with Gasteiger partial charge in [-0.25, -0.2) is 0 Å². The molecule has 4 aliphatic rings. The van der Waals surface area contributed by atoms with Crippen LogP contribution in [-0.2, 0) is 17.7 Å². The number of hydrogen-bond acceptors (Lipinski definition) is 2. The normalized spacial score (nSPS) is 27.8. The molecule has 2 N–H and O–H groups in total. The maximum atomic E-state index is 6.44. The van der Waals surface area contributed by atoms with Gasteiger partial charge in [0.05, 0.1) is 23.4 Å². The predicted molar refractivity (Wildman–Crippen MR) is 75.1 cm³/mol. The summed E-state index contributed by atoms with van der Waals surface area (Å²) in [7, 11) is 0. The van der Waals surface area contributed by atoms with Gasteiger partial charge in [-0.2, -0.15) is 0 Å². The molecule has 3 nitrogen and oxygen atoms in total. The van der Waals surface area contributed by atoms with Crippen LogP contribution in [0.4, 0.5) is 5.69 Å². The van der Waals surface area contributed by atoms with Crippen LogP contribution in [-0.4, -0.2) is 4.57 Å². The lowest BCUT2D eigenvalue weighted by Gasteiger charge is -2.24. The summed E-state index contributed by atoms with van der Waals surface area (Å²) in [6, 6.07) is 4.32. The molecule has 19 heavy (non-hydrogen) atoms. The molecule has 6 rings (SSSR count). The van der Waals surface area contributed by atoms with Gasteiger partial charge < -0.3 is 15.0 Å². The van der Waals surface area contributed by atoms with Crippen molar-refractivity contribution in [3.05, 3.63) is 29.0 Å². The van der Waals surface area contributed by atoms with E-state index in [-0.39, 0.29) is 6.10 Å². The Morgan fingerprint density at radius 3 is 3.05 bits per heavy atom. The summed E-state index contributed by atoms with van der Waals surface area (Å²) in [4.78, 5) is 0. The minimum absolute atomic E-state index is 0.260. The molecule has 0 spiro atoms.